The first-order chi connectivity index (χ1) is 8.60. The normalized spacial score (nSPS) is 13.8. The molecule has 0 spiro atoms. The third-order valence-corrected chi connectivity index (χ3v) is 3.54. The van der Waals surface area contributed by atoms with Crippen molar-refractivity contribution in [2.45, 2.75) is 31.0 Å². The van der Waals surface area contributed by atoms with E-state index in [2.05, 4.69) is 40.6 Å². The highest BCUT2D eigenvalue weighted by atomic mass is 79.9. The Kier molecular flexibility index (Phi) is 6.19. The first kappa shape index (κ1) is 15.0. The highest BCUT2D eigenvalue weighted by molar-refractivity contribution is 9.10. The number of rotatable bonds is 6. The summed E-state index contributed by atoms with van der Waals surface area (Å²) in [5.74, 6) is 0.948. The molecule has 2 unspecified atom stereocenters. The standard InChI is InChI=1S/C14H19BrO3/c1-4-10(2)11-7-5-6-8-13(11)18-9-12(15)14(16)17-3/h5-8,10,12H,4,9H2,1-3H3. The van der Waals surface area contributed by atoms with Crippen LogP contribution in [-0.2, 0) is 9.53 Å². The van der Waals surface area contributed by atoms with E-state index >= 15 is 0 Å². The lowest BCUT2D eigenvalue weighted by molar-refractivity contribution is -0.140. The molecular weight excluding hydrogens is 296 g/mol. The van der Waals surface area contributed by atoms with Crippen LogP contribution in [0.4, 0.5) is 0 Å². The van der Waals surface area contributed by atoms with E-state index in [0.29, 0.717) is 5.92 Å². The van der Waals surface area contributed by atoms with Gasteiger partial charge < -0.3 is 9.47 Å². The number of esters is 1. The molecular formula is C14H19BrO3. The lowest BCUT2D eigenvalue weighted by Crippen LogP contribution is -2.23. The second-order valence-electron chi connectivity index (χ2n) is 4.15. The molecule has 0 aliphatic carbocycles. The maximum absolute atomic E-state index is 11.3. The molecule has 0 aliphatic heterocycles. The second-order valence-corrected chi connectivity index (χ2v) is 5.25. The summed E-state index contributed by atoms with van der Waals surface area (Å²) in [5, 5.41) is 0. The number of hydrogen-bond donors (Lipinski definition) is 0. The molecule has 1 rings (SSSR count). The van der Waals surface area contributed by atoms with E-state index in [4.69, 9.17) is 4.74 Å². The number of alkyl halides is 1. The quantitative estimate of drug-likeness (QED) is 0.595. The first-order valence-electron chi connectivity index (χ1n) is 6.03. The molecule has 0 saturated carbocycles. The Morgan fingerprint density at radius 1 is 1.39 bits per heavy atom. The molecule has 4 heteroatoms. The highest BCUT2D eigenvalue weighted by Gasteiger charge is 2.17. The Morgan fingerprint density at radius 2 is 2.06 bits per heavy atom. The van der Waals surface area contributed by atoms with Gasteiger partial charge in [-0.2, -0.15) is 0 Å². The van der Waals surface area contributed by atoms with Crippen LogP contribution in [-0.4, -0.2) is 24.5 Å². The zero-order valence-electron chi connectivity index (χ0n) is 11.0. The van der Waals surface area contributed by atoms with Crippen molar-refractivity contribution in [1.29, 1.82) is 0 Å². The van der Waals surface area contributed by atoms with Gasteiger partial charge in [-0.1, -0.05) is 48.0 Å². The van der Waals surface area contributed by atoms with E-state index in [1.165, 1.54) is 12.7 Å². The van der Waals surface area contributed by atoms with Crippen LogP contribution >= 0.6 is 15.9 Å². The third kappa shape index (κ3) is 4.02. The molecule has 0 N–H and O–H groups in total. The largest absolute Gasteiger partial charge is 0.492 e. The average Bonchev–Trinajstić information content (AvgIpc) is 2.43. The summed E-state index contributed by atoms with van der Waals surface area (Å²) in [7, 11) is 1.36. The first-order valence-corrected chi connectivity index (χ1v) is 6.95. The van der Waals surface area contributed by atoms with Gasteiger partial charge in [0.05, 0.1) is 7.11 Å². The van der Waals surface area contributed by atoms with Crippen molar-refractivity contribution < 1.29 is 14.3 Å². The number of benzene rings is 1. The van der Waals surface area contributed by atoms with Crippen LogP contribution in [0.1, 0.15) is 31.7 Å². The van der Waals surface area contributed by atoms with Gasteiger partial charge >= 0.3 is 5.97 Å². The molecule has 0 saturated heterocycles. The van der Waals surface area contributed by atoms with Gasteiger partial charge in [-0.25, -0.2) is 0 Å². The Bertz CT molecular complexity index is 392. The predicted molar refractivity (Wildman–Crippen MR) is 75.4 cm³/mol. The monoisotopic (exact) mass is 314 g/mol. The molecule has 100 valence electrons. The number of carbonyl (C=O) groups excluding carboxylic acids is 1. The summed E-state index contributed by atoms with van der Waals surface area (Å²) in [5.41, 5.74) is 1.17. The van der Waals surface area contributed by atoms with Crippen LogP contribution in [0.3, 0.4) is 0 Å². The van der Waals surface area contributed by atoms with Crippen LogP contribution in [0, 0.1) is 0 Å². The van der Waals surface area contributed by atoms with E-state index in [-0.39, 0.29) is 12.6 Å². The SMILES string of the molecule is CCC(C)c1ccccc1OCC(Br)C(=O)OC. The van der Waals surface area contributed by atoms with Gasteiger partial charge in [0.1, 0.15) is 17.2 Å². The molecule has 2 atom stereocenters. The fourth-order valence-electron chi connectivity index (χ4n) is 1.60. The lowest BCUT2D eigenvalue weighted by Gasteiger charge is -2.16. The molecule has 1 aromatic rings. The molecule has 0 fully saturated rings. The highest BCUT2D eigenvalue weighted by Crippen LogP contribution is 2.28. The number of ether oxygens (including phenoxy) is 2. The zero-order valence-corrected chi connectivity index (χ0v) is 12.6. The topological polar surface area (TPSA) is 35.5 Å². The van der Waals surface area contributed by atoms with E-state index < -0.39 is 4.83 Å². The summed E-state index contributed by atoms with van der Waals surface area (Å²) in [6, 6.07) is 7.92. The van der Waals surface area contributed by atoms with E-state index in [9.17, 15) is 4.79 Å². The Hall–Kier alpha value is -1.03. The van der Waals surface area contributed by atoms with Crippen molar-refractivity contribution >= 4 is 21.9 Å². The summed E-state index contributed by atoms with van der Waals surface area (Å²) in [4.78, 5) is 10.8. The summed E-state index contributed by atoms with van der Waals surface area (Å²) in [6.45, 7) is 4.57. The van der Waals surface area contributed by atoms with Crippen LogP contribution in [0.15, 0.2) is 24.3 Å². The minimum absolute atomic E-state index is 0.264. The molecule has 18 heavy (non-hydrogen) atoms. The Morgan fingerprint density at radius 3 is 2.67 bits per heavy atom. The van der Waals surface area contributed by atoms with Gasteiger partial charge in [0.15, 0.2) is 0 Å². The molecule has 0 bridgehead atoms. The van der Waals surface area contributed by atoms with Gasteiger partial charge in [0.2, 0.25) is 0 Å². The molecule has 1 aromatic carbocycles. The third-order valence-electron chi connectivity index (χ3n) is 2.90. The number of halogens is 1. The smallest absolute Gasteiger partial charge is 0.322 e. The van der Waals surface area contributed by atoms with E-state index in [1.807, 2.05) is 18.2 Å². The van der Waals surface area contributed by atoms with Gasteiger partial charge in [-0.05, 0) is 24.0 Å². The second kappa shape index (κ2) is 7.41. The fourth-order valence-corrected chi connectivity index (χ4v) is 1.92. The average molecular weight is 315 g/mol. The van der Waals surface area contributed by atoms with Crippen molar-refractivity contribution in [2.24, 2.45) is 0 Å². The lowest BCUT2D eigenvalue weighted by atomic mass is 9.98. The van der Waals surface area contributed by atoms with Crippen LogP contribution < -0.4 is 4.74 Å². The summed E-state index contributed by atoms with van der Waals surface area (Å²) >= 11 is 3.24. The number of carbonyl (C=O) groups is 1. The molecule has 0 radical (unpaired) electrons. The van der Waals surface area contributed by atoms with Crippen LogP contribution in [0.2, 0.25) is 0 Å². The number of para-hydroxylation sites is 1. The van der Waals surface area contributed by atoms with E-state index in [0.717, 1.165) is 12.2 Å². The fraction of sp³-hybridized carbons (Fsp3) is 0.500. The zero-order chi connectivity index (χ0) is 13.5. The van der Waals surface area contributed by atoms with E-state index in [1.54, 1.807) is 0 Å². The summed E-state index contributed by atoms with van der Waals surface area (Å²) in [6.07, 6.45) is 1.05. The van der Waals surface area contributed by atoms with Gasteiger partial charge in [0, 0.05) is 0 Å². The van der Waals surface area contributed by atoms with Gasteiger partial charge in [-0.15, -0.1) is 0 Å². The minimum Gasteiger partial charge on any atom is -0.492 e. The number of hydrogen-bond acceptors (Lipinski definition) is 3. The van der Waals surface area contributed by atoms with Crippen LogP contribution in [0.5, 0.6) is 5.75 Å². The Balaban J connectivity index is 2.70. The Labute approximate surface area is 117 Å². The van der Waals surface area contributed by atoms with Crippen LogP contribution in [0.25, 0.3) is 0 Å². The van der Waals surface area contributed by atoms with Crippen molar-refractivity contribution in [3.63, 3.8) is 0 Å². The maximum Gasteiger partial charge on any atom is 0.322 e. The maximum atomic E-state index is 11.3. The summed E-state index contributed by atoms with van der Waals surface area (Å²) < 4.78 is 10.3. The minimum atomic E-state index is -0.438. The molecule has 0 aromatic heterocycles. The van der Waals surface area contributed by atoms with Crippen molar-refractivity contribution in [2.75, 3.05) is 13.7 Å². The van der Waals surface area contributed by atoms with Crippen molar-refractivity contribution in [3.05, 3.63) is 29.8 Å². The predicted octanol–water partition coefficient (Wildman–Crippen LogP) is 3.52. The number of methoxy groups -OCH3 is 1. The molecule has 3 nitrogen and oxygen atoms in total. The van der Waals surface area contributed by atoms with Gasteiger partial charge in [0.25, 0.3) is 0 Å². The molecule has 0 heterocycles. The molecule has 0 amide bonds. The van der Waals surface area contributed by atoms with Gasteiger partial charge in [-0.3, -0.25) is 4.79 Å². The van der Waals surface area contributed by atoms with Crippen molar-refractivity contribution in [1.82, 2.24) is 0 Å². The molecule has 0 aliphatic rings. The van der Waals surface area contributed by atoms with Crippen molar-refractivity contribution in [3.8, 4) is 5.75 Å².